The number of carbonyl (C=O) groups is 1. The molecule has 0 aliphatic rings. The van der Waals surface area contributed by atoms with E-state index in [1.807, 2.05) is 0 Å². The molecule has 0 atom stereocenters. The quantitative estimate of drug-likeness (QED) is 0.456. The Morgan fingerprint density at radius 1 is 1.39 bits per heavy atom. The first-order chi connectivity index (χ1) is 8.44. The summed E-state index contributed by atoms with van der Waals surface area (Å²) in [5.41, 5.74) is 0. The molecule has 0 saturated heterocycles. The maximum absolute atomic E-state index is 11.7. The van der Waals surface area contributed by atoms with Gasteiger partial charge in [0, 0.05) is 26.6 Å². The van der Waals surface area contributed by atoms with E-state index in [2.05, 4.69) is 5.32 Å². The first-order valence-electron chi connectivity index (χ1n) is 5.69. The largest absolute Gasteiger partial charge is 0.383 e. The number of alkyl halides is 1. The summed E-state index contributed by atoms with van der Waals surface area (Å²) in [6.45, 7) is 0.598. The van der Waals surface area contributed by atoms with Gasteiger partial charge in [0.05, 0.1) is 18.9 Å². The maximum Gasteiger partial charge on any atom is 0.235 e. The number of carbonyl (C=O) groups excluding carboxylic acids is 1. The molecule has 0 aromatic carbocycles. The van der Waals surface area contributed by atoms with Crippen LogP contribution in [0, 0.1) is 0 Å². The number of rotatable bonds is 10. The lowest BCUT2D eigenvalue weighted by Gasteiger charge is -2.16. The van der Waals surface area contributed by atoms with Crippen LogP contribution in [0.5, 0.6) is 0 Å². The Hall–Kier alpha value is -0.370. The molecule has 108 valence electrons. The van der Waals surface area contributed by atoms with Gasteiger partial charge >= 0.3 is 0 Å². The van der Waals surface area contributed by atoms with Crippen LogP contribution in [0.1, 0.15) is 12.8 Å². The number of nitrogens with zero attached hydrogens (tertiary/aromatic N) is 1. The van der Waals surface area contributed by atoms with Gasteiger partial charge in [0.15, 0.2) is 0 Å². The highest BCUT2D eigenvalue weighted by Crippen LogP contribution is 2.03. The second-order valence-corrected chi connectivity index (χ2v) is 6.38. The molecule has 0 rings (SSSR count). The highest BCUT2D eigenvalue weighted by molar-refractivity contribution is 7.89. The highest BCUT2D eigenvalue weighted by atomic mass is 35.5. The third-order valence-corrected chi connectivity index (χ3v) is 4.41. The molecule has 0 aromatic heterocycles. The van der Waals surface area contributed by atoms with Crippen molar-refractivity contribution in [2.24, 2.45) is 0 Å². The fourth-order valence-electron chi connectivity index (χ4n) is 1.18. The van der Waals surface area contributed by atoms with Crippen LogP contribution in [0.2, 0.25) is 0 Å². The number of sulfonamides is 1. The standard InChI is InChI=1S/C10H21ClN2O4S/c1-13(9-10(14)12-6-7-17-2)18(15,16)8-4-3-5-11/h3-9H2,1-2H3,(H,12,14). The second kappa shape index (κ2) is 9.55. The van der Waals surface area contributed by atoms with Crippen molar-refractivity contribution in [1.29, 1.82) is 0 Å². The van der Waals surface area contributed by atoms with Gasteiger partial charge in [0.25, 0.3) is 0 Å². The molecule has 6 nitrogen and oxygen atoms in total. The molecule has 0 heterocycles. The van der Waals surface area contributed by atoms with Gasteiger partial charge in [-0.1, -0.05) is 0 Å². The molecule has 8 heteroatoms. The topological polar surface area (TPSA) is 75.7 Å². The third kappa shape index (κ3) is 7.86. The molecule has 0 aromatic rings. The minimum absolute atomic E-state index is 0.0154. The van der Waals surface area contributed by atoms with Crippen LogP contribution < -0.4 is 5.32 Å². The number of ether oxygens (including phenoxy) is 1. The molecule has 0 unspecified atom stereocenters. The summed E-state index contributed by atoms with van der Waals surface area (Å²) in [4.78, 5) is 11.4. The van der Waals surface area contributed by atoms with Crippen LogP contribution in [0.4, 0.5) is 0 Å². The molecule has 1 amide bonds. The van der Waals surface area contributed by atoms with Crippen LogP contribution in [0.3, 0.4) is 0 Å². The van der Waals surface area contributed by atoms with E-state index in [9.17, 15) is 13.2 Å². The Kier molecular flexibility index (Phi) is 9.35. The Balaban J connectivity index is 4.05. The van der Waals surface area contributed by atoms with Crippen molar-refractivity contribution in [3.8, 4) is 0 Å². The smallest absolute Gasteiger partial charge is 0.235 e. The molecule has 0 saturated carbocycles. The average molecular weight is 301 g/mol. The first kappa shape index (κ1) is 17.6. The fraction of sp³-hybridized carbons (Fsp3) is 0.900. The normalized spacial score (nSPS) is 11.8. The van der Waals surface area contributed by atoms with Gasteiger partial charge in [-0.3, -0.25) is 4.79 Å². The zero-order valence-electron chi connectivity index (χ0n) is 10.8. The Labute approximate surface area is 114 Å². The number of amides is 1. The van der Waals surface area contributed by atoms with Gasteiger partial charge in [0.1, 0.15) is 0 Å². The van der Waals surface area contributed by atoms with Gasteiger partial charge in [-0.25, -0.2) is 8.42 Å². The Morgan fingerprint density at radius 3 is 2.61 bits per heavy atom. The van der Waals surface area contributed by atoms with Crippen LogP contribution in [-0.4, -0.2) is 64.1 Å². The Morgan fingerprint density at radius 2 is 2.06 bits per heavy atom. The number of nitrogens with one attached hydrogen (secondary N) is 1. The van der Waals surface area contributed by atoms with E-state index in [0.29, 0.717) is 31.9 Å². The minimum atomic E-state index is -3.38. The monoisotopic (exact) mass is 300 g/mol. The van der Waals surface area contributed by atoms with Crippen molar-refractivity contribution in [2.45, 2.75) is 12.8 Å². The van der Waals surface area contributed by atoms with Gasteiger partial charge < -0.3 is 10.1 Å². The van der Waals surface area contributed by atoms with Gasteiger partial charge in [-0.15, -0.1) is 11.6 Å². The zero-order chi connectivity index (χ0) is 14.0. The lowest BCUT2D eigenvalue weighted by atomic mass is 10.4. The number of halogens is 1. The summed E-state index contributed by atoms with van der Waals surface area (Å²) in [5, 5.41) is 2.56. The van der Waals surface area contributed by atoms with E-state index in [4.69, 9.17) is 16.3 Å². The summed E-state index contributed by atoms with van der Waals surface area (Å²) < 4.78 is 29.3. The first-order valence-corrected chi connectivity index (χ1v) is 7.84. The van der Waals surface area contributed by atoms with E-state index in [0.717, 1.165) is 4.31 Å². The number of methoxy groups -OCH3 is 1. The summed E-state index contributed by atoms with van der Waals surface area (Å²) in [6, 6.07) is 0. The maximum atomic E-state index is 11.7. The summed E-state index contributed by atoms with van der Waals surface area (Å²) in [7, 11) is -0.453. The van der Waals surface area contributed by atoms with Crippen molar-refractivity contribution in [3.63, 3.8) is 0 Å². The van der Waals surface area contributed by atoms with Gasteiger partial charge in [0.2, 0.25) is 15.9 Å². The number of likely N-dealkylation sites (N-methyl/N-ethyl adjacent to an activating group) is 1. The van der Waals surface area contributed by atoms with Crippen molar-refractivity contribution in [2.75, 3.05) is 45.5 Å². The molecular formula is C10H21ClN2O4S. The second-order valence-electron chi connectivity index (χ2n) is 3.81. The lowest BCUT2D eigenvalue weighted by Crippen LogP contribution is -2.40. The minimum Gasteiger partial charge on any atom is -0.383 e. The van der Waals surface area contributed by atoms with Crippen molar-refractivity contribution >= 4 is 27.5 Å². The molecule has 0 radical (unpaired) electrons. The molecule has 0 aliphatic heterocycles. The fourth-order valence-corrected chi connectivity index (χ4v) is 2.57. The van der Waals surface area contributed by atoms with Crippen molar-refractivity contribution in [1.82, 2.24) is 9.62 Å². The van der Waals surface area contributed by atoms with Crippen molar-refractivity contribution < 1.29 is 17.9 Å². The lowest BCUT2D eigenvalue weighted by molar-refractivity contribution is -0.121. The van der Waals surface area contributed by atoms with E-state index >= 15 is 0 Å². The van der Waals surface area contributed by atoms with Crippen LogP contribution in [0.25, 0.3) is 0 Å². The van der Waals surface area contributed by atoms with Gasteiger partial charge in [-0.05, 0) is 12.8 Å². The van der Waals surface area contributed by atoms with Gasteiger partial charge in [-0.2, -0.15) is 4.31 Å². The molecule has 18 heavy (non-hydrogen) atoms. The number of hydrogen-bond donors (Lipinski definition) is 1. The molecule has 0 spiro atoms. The van der Waals surface area contributed by atoms with Crippen LogP contribution >= 0.6 is 11.6 Å². The summed E-state index contributed by atoms with van der Waals surface area (Å²) >= 11 is 5.48. The SMILES string of the molecule is COCCNC(=O)CN(C)S(=O)(=O)CCCCCl. The average Bonchev–Trinajstić information content (AvgIpc) is 2.29. The Bertz CT molecular complexity index is 335. The summed E-state index contributed by atoms with van der Waals surface area (Å²) in [6.07, 6.45) is 1.15. The van der Waals surface area contributed by atoms with Crippen LogP contribution in [-0.2, 0) is 19.6 Å². The predicted octanol–water partition coefficient (Wildman–Crippen LogP) is 0.0296. The van der Waals surface area contributed by atoms with Crippen LogP contribution in [0.15, 0.2) is 0 Å². The van der Waals surface area contributed by atoms with E-state index < -0.39 is 10.0 Å². The van der Waals surface area contributed by atoms with E-state index in [1.165, 1.54) is 14.2 Å². The molecule has 1 N–H and O–H groups in total. The molecular weight excluding hydrogens is 280 g/mol. The summed E-state index contributed by atoms with van der Waals surface area (Å²) in [5.74, 6) is 0.119. The zero-order valence-corrected chi connectivity index (χ0v) is 12.4. The molecule has 0 aliphatic carbocycles. The predicted molar refractivity (Wildman–Crippen MR) is 71.3 cm³/mol. The van der Waals surface area contributed by atoms with E-state index in [1.54, 1.807) is 0 Å². The highest BCUT2D eigenvalue weighted by Gasteiger charge is 2.19. The molecule has 0 bridgehead atoms. The number of hydrogen-bond acceptors (Lipinski definition) is 4. The third-order valence-electron chi connectivity index (χ3n) is 2.26. The van der Waals surface area contributed by atoms with E-state index in [-0.39, 0.29) is 18.2 Å². The molecule has 0 fully saturated rings. The number of unbranched alkanes of at least 4 members (excludes halogenated alkanes) is 1. The van der Waals surface area contributed by atoms with Crippen molar-refractivity contribution in [3.05, 3.63) is 0 Å².